The van der Waals surface area contributed by atoms with Gasteiger partial charge in [0, 0.05) is 34.5 Å². The van der Waals surface area contributed by atoms with Crippen LogP contribution in [0.25, 0.3) is 20.9 Å². The summed E-state index contributed by atoms with van der Waals surface area (Å²) in [6.07, 6.45) is -8.13. The van der Waals surface area contributed by atoms with Crippen LogP contribution in [-0.2, 0) is 46.2 Å². The molecular weight excluding hydrogens is 674 g/mol. The second-order valence-electron chi connectivity index (χ2n) is 10.1. The first-order chi connectivity index (χ1) is 22.0. The van der Waals surface area contributed by atoms with E-state index in [4.69, 9.17) is 49.4 Å². The lowest BCUT2D eigenvalue weighted by molar-refractivity contribution is -0.363. The van der Waals surface area contributed by atoms with Crippen LogP contribution in [0, 0.1) is 40.4 Å². The molecule has 0 aromatic carbocycles. The molecule has 0 aromatic rings. The van der Waals surface area contributed by atoms with Crippen LogP contribution in [-0.4, -0.2) is 85.6 Å². The summed E-state index contributed by atoms with van der Waals surface area (Å²) in [6.45, 7) is 5.26. The summed E-state index contributed by atoms with van der Waals surface area (Å²) in [4.78, 5) is 37.6. The lowest BCUT2D eigenvalue weighted by Crippen LogP contribution is -2.55. The van der Waals surface area contributed by atoms with Crippen LogP contribution in [0.1, 0.15) is 40.5 Å². The number of hydrogen-bond donors (Lipinski definition) is 2. The van der Waals surface area contributed by atoms with Gasteiger partial charge in [-0.3, -0.25) is 18.4 Å². The summed E-state index contributed by atoms with van der Waals surface area (Å²) in [7, 11) is -9.44. The van der Waals surface area contributed by atoms with Crippen LogP contribution >= 0.6 is 15.6 Å². The Morgan fingerprint density at radius 3 is 1.83 bits per heavy atom. The van der Waals surface area contributed by atoms with Crippen LogP contribution in [0.5, 0.6) is 0 Å². The number of carbonyl (C=O) groups excluding carboxylic acids is 1. The fourth-order valence-electron chi connectivity index (χ4n) is 4.24. The Morgan fingerprint density at radius 2 is 1.36 bits per heavy atom. The number of aliphatic hydroxyl groups excluding tert-OH is 2. The number of carbonyl (C=O) groups is 1. The molecule has 2 aliphatic rings. The van der Waals surface area contributed by atoms with E-state index in [0.717, 1.165) is 0 Å². The van der Waals surface area contributed by atoms with Gasteiger partial charge in [0.25, 0.3) is 0 Å². The normalized spacial score (nSPS) is 30.6. The van der Waals surface area contributed by atoms with E-state index in [-0.39, 0.29) is 45.1 Å². The molecule has 264 valence electrons. The summed E-state index contributed by atoms with van der Waals surface area (Å²) < 4.78 is 59.4. The van der Waals surface area contributed by atoms with Crippen LogP contribution < -0.4 is 9.79 Å². The zero-order valence-corrected chi connectivity index (χ0v) is 27.6. The van der Waals surface area contributed by atoms with Gasteiger partial charge in [-0.15, -0.1) is 0 Å². The van der Waals surface area contributed by atoms with Crippen LogP contribution in [0.3, 0.4) is 0 Å². The highest BCUT2D eigenvalue weighted by molar-refractivity contribution is 7.48. The molecule has 0 radical (unpaired) electrons. The van der Waals surface area contributed by atoms with Crippen molar-refractivity contribution < 1.29 is 66.2 Å². The van der Waals surface area contributed by atoms with Crippen molar-refractivity contribution in [3.8, 4) is 12.1 Å². The summed E-state index contributed by atoms with van der Waals surface area (Å²) in [5.74, 6) is -2.16. The zero-order chi connectivity index (χ0) is 35.8. The average Bonchev–Trinajstić information content (AvgIpc) is 2.99. The van der Waals surface area contributed by atoms with Crippen molar-refractivity contribution in [1.29, 1.82) is 10.5 Å². The minimum absolute atomic E-state index is 0.0412. The molecule has 2 saturated heterocycles. The van der Waals surface area contributed by atoms with E-state index < -0.39 is 76.6 Å². The number of phosphoric acid groups is 2. The number of hydrogen-bond acceptors (Lipinski definition) is 18. The fourth-order valence-corrected chi connectivity index (χ4v) is 6.05. The zero-order valence-electron chi connectivity index (χ0n) is 25.8. The number of esters is 1. The predicted octanol–water partition coefficient (Wildman–Crippen LogP) is 1.44. The summed E-state index contributed by atoms with van der Waals surface area (Å²) >= 11 is 0. The lowest BCUT2D eigenvalue weighted by atomic mass is 9.84. The minimum Gasteiger partial charge on any atom is -0.790 e. The second-order valence-corrected chi connectivity index (χ2v) is 12.9. The van der Waals surface area contributed by atoms with Gasteiger partial charge in [0.2, 0.25) is 0 Å². The van der Waals surface area contributed by atoms with Gasteiger partial charge in [-0.2, -0.15) is 10.5 Å². The topological polar surface area (TPSA) is 348 Å². The third-order valence-corrected chi connectivity index (χ3v) is 8.73. The molecule has 0 amide bonds. The maximum absolute atomic E-state index is 12.9. The second kappa shape index (κ2) is 20.5. The molecule has 2 fully saturated rings. The number of azide groups is 2. The molecule has 2 N–H and O–H groups in total. The minimum atomic E-state index is -5.29. The van der Waals surface area contributed by atoms with Gasteiger partial charge in [-0.25, -0.2) is 4.57 Å². The monoisotopic (exact) mass is 710 g/mol. The maximum Gasteiger partial charge on any atom is 0.477 e. The Kier molecular flexibility index (Phi) is 18.4. The van der Waals surface area contributed by atoms with E-state index in [9.17, 15) is 33.9 Å². The Labute approximate surface area is 269 Å². The number of ether oxygens (including phenoxy) is 3. The van der Waals surface area contributed by atoms with Gasteiger partial charge < -0.3 is 43.3 Å². The summed E-state index contributed by atoms with van der Waals surface area (Å²) in [5, 5.41) is 43.2. The first-order valence-electron chi connectivity index (χ1n) is 13.9. The lowest BCUT2D eigenvalue weighted by Gasteiger charge is -2.44. The Morgan fingerprint density at radius 1 is 0.872 bits per heavy atom. The quantitative estimate of drug-likeness (QED) is 0.0606. The van der Waals surface area contributed by atoms with E-state index in [1.807, 2.05) is 12.1 Å². The van der Waals surface area contributed by atoms with Crippen molar-refractivity contribution in [1.82, 2.24) is 0 Å². The first-order valence-corrected chi connectivity index (χ1v) is 16.8. The molecule has 0 aromatic heterocycles. The van der Waals surface area contributed by atoms with Gasteiger partial charge >= 0.3 is 13.8 Å². The highest BCUT2D eigenvalue weighted by atomic mass is 31.2. The molecule has 0 aliphatic carbocycles. The summed E-state index contributed by atoms with van der Waals surface area (Å²) in [5.41, 5.74) is 16.7. The molecule has 24 heteroatoms. The molecule has 22 nitrogen and oxygen atoms in total. The summed E-state index contributed by atoms with van der Waals surface area (Å²) in [6, 6.07) is 3.69. The predicted molar refractivity (Wildman–Crippen MR) is 150 cm³/mol. The van der Waals surface area contributed by atoms with Gasteiger partial charge in [0.15, 0.2) is 12.6 Å². The van der Waals surface area contributed by atoms with E-state index >= 15 is 0 Å². The number of phosphoric ester groups is 2. The van der Waals surface area contributed by atoms with Crippen molar-refractivity contribution >= 4 is 21.6 Å². The molecule has 10 unspecified atom stereocenters. The highest BCUT2D eigenvalue weighted by Crippen LogP contribution is 2.53. The number of aliphatic hydroxyl groups is 2. The molecule has 10 atom stereocenters. The molecule has 2 rings (SSSR count). The highest BCUT2D eigenvalue weighted by Gasteiger charge is 2.47. The van der Waals surface area contributed by atoms with E-state index in [2.05, 4.69) is 24.6 Å². The van der Waals surface area contributed by atoms with Gasteiger partial charge in [0.1, 0.15) is 18.3 Å². The van der Waals surface area contributed by atoms with Gasteiger partial charge in [-0.05, 0) is 11.1 Å². The number of rotatable bonds is 15. The van der Waals surface area contributed by atoms with Crippen molar-refractivity contribution in [2.24, 2.45) is 28.0 Å². The SMILES string of the molecule is CC(=O)OC1C(CN=[N+]=[N-])OC(OP(=O)(OCCC#N)OCCC#N)C(C)C1C.CC1C(OP(=O)([O-])[O-])OC(CN=[N+]=[N-])C(O)C1O. The largest absolute Gasteiger partial charge is 0.790 e. The Balaban J connectivity index is 0.000000524. The maximum atomic E-state index is 12.9. The molecular formula is C23H36N8O14P2-2. The smallest absolute Gasteiger partial charge is 0.477 e. The Hall–Kier alpha value is -2.87. The molecule has 2 aliphatic heterocycles. The van der Waals surface area contributed by atoms with Crippen molar-refractivity contribution in [3.63, 3.8) is 0 Å². The van der Waals surface area contributed by atoms with Crippen molar-refractivity contribution in [2.75, 3.05) is 26.3 Å². The van der Waals surface area contributed by atoms with Gasteiger partial charge in [-0.1, -0.05) is 31.0 Å². The molecule has 47 heavy (non-hydrogen) atoms. The third-order valence-electron chi connectivity index (χ3n) is 6.80. The third kappa shape index (κ3) is 14.4. The number of nitrogens with zero attached hydrogens (tertiary/aromatic N) is 8. The molecule has 0 spiro atoms. The molecule has 0 bridgehead atoms. The van der Waals surface area contributed by atoms with Crippen LogP contribution in [0.4, 0.5) is 0 Å². The van der Waals surface area contributed by atoms with Crippen molar-refractivity contribution in [2.45, 2.75) is 83.6 Å². The molecule has 0 saturated carbocycles. The standard InChI is InChI=1S/C16H24N5O7P.C7H14N3O7P/c1-11-12(2)16(27-14(10-20-21-19)15(11)26-13(3)22)28-29(23,24-8-4-6-17)25-9-5-7-18;1-3-5(11)6(12)4(2-9-10-8)16-7(3)17-18(13,14)15/h11-12,14-16H,4-5,8-10H2,1-3H3;3-7,11-12H,2H2,1H3,(H2,13,14,15)/p-2. The Bertz CT molecular complexity index is 1270. The van der Waals surface area contributed by atoms with Crippen LogP contribution in [0.15, 0.2) is 10.2 Å². The van der Waals surface area contributed by atoms with Gasteiger partial charge in [0.05, 0.1) is 71.3 Å². The van der Waals surface area contributed by atoms with E-state index in [0.29, 0.717) is 0 Å². The van der Waals surface area contributed by atoms with Crippen molar-refractivity contribution in [3.05, 3.63) is 20.9 Å². The van der Waals surface area contributed by atoms with Crippen LogP contribution in [0.2, 0.25) is 0 Å². The molecule has 2 heterocycles. The average molecular weight is 711 g/mol. The first kappa shape index (κ1) is 42.2. The number of nitriles is 2. The van der Waals surface area contributed by atoms with E-state index in [1.165, 1.54) is 13.8 Å². The van der Waals surface area contributed by atoms with E-state index in [1.54, 1.807) is 13.8 Å². The fraction of sp³-hybridized carbons (Fsp3) is 0.870.